The van der Waals surface area contributed by atoms with Crippen LogP contribution in [0.1, 0.15) is 5.56 Å². The number of hydrogen-bond donors (Lipinski definition) is 0. The van der Waals surface area contributed by atoms with Gasteiger partial charge in [0.15, 0.2) is 17.5 Å². The summed E-state index contributed by atoms with van der Waals surface area (Å²) in [5, 5.41) is 14.0. The van der Waals surface area contributed by atoms with Crippen molar-refractivity contribution in [2.45, 2.75) is 0 Å². The predicted octanol–water partition coefficient (Wildman–Crippen LogP) is 14.0. The van der Waals surface area contributed by atoms with Crippen LogP contribution in [0, 0.1) is 11.3 Å². The fourth-order valence-corrected chi connectivity index (χ4v) is 9.03. The van der Waals surface area contributed by atoms with E-state index in [9.17, 15) is 5.26 Å². The van der Waals surface area contributed by atoms with Gasteiger partial charge >= 0.3 is 0 Å². The van der Waals surface area contributed by atoms with Gasteiger partial charge in [0.05, 0.1) is 11.6 Å². The highest BCUT2D eigenvalue weighted by Gasteiger charge is 2.18. The molecule has 270 valence electrons. The molecule has 6 heteroatoms. The van der Waals surface area contributed by atoms with Gasteiger partial charge in [-0.05, 0) is 75.8 Å². The molecule has 0 saturated heterocycles. The molecule has 5 nitrogen and oxygen atoms in total. The first-order valence-electron chi connectivity index (χ1n) is 19.1. The minimum absolute atomic E-state index is 0.557. The summed E-state index contributed by atoms with van der Waals surface area (Å²) in [4.78, 5) is 15.3. The maximum atomic E-state index is 9.46. The zero-order chi connectivity index (χ0) is 38.6. The molecular formula is C52H30N4OS. The normalized spacial score (nSPS) is 11.4. The third kappa shape index (κ3) is 5.90. The number of furan rings is 1. The van der Waals surface area contributed by atoms with Gasteiger partial charge in [0.25, 0.3) is 0 Å². The van der Waals surface area contributed by atoms with Gasteiger partial charge in [-0.3, -0.25) is 0 Å². The zero-order valence-electron chi connectivity index (χ0n) is 30.9. The number of benzene rings is 8. The van der Waals surface area contributed by atoms with E-state index in [2.05, 4.69) is 121 Å². The van der Waals surface area contributed by atoms with E-state index in [0.29, 0.717) is 23.0 Å². The van der Waals surface area contributed by atoms with E-state index < -0.39 is 0 Å². The number of fused-ring (bicyclic) bond motifs is 6. The van der Waals surface area contributed by atoms with E-state index in [-0.39, 0.29) is 0 Å². The van der Waals surface area contributed by atoms with E-state index in [1.54, 1.807) is 11.3 Å². The van der Waals surface area contributed by atoms with Crippen molar-refractivity contribution in [3.05, 3.63) is 188 Å². The van der Waals surface area contributed by atoms with E-state index in [0.717, 1.165) is 60.9 Å². The smallest absolute Gasteiger partial charge is 0.164 e. The van der Waals surface area contributed by atoms with Crippen molar-refractivity contribution in [1.29, 1.82) is 5.26 Å². The summed E-state index contributed by atoms with van der Waals surface area (Å²) in [5.74, 6) is 1.72. The molecule has 58 heavy (non-hydrogen) atoms. The van der Waals surface area contributed by atoms with Crippen molar-refractivity contribution in [3.8, 4) is 73.6 Å². The zero-order valence-corrected chi connectivity index (χ0v) is 31.7. The van der Waals surface area contributed by atoms with Crippen molar-refractivity contribution in [1.82, 2.24) is 15.0 Å². The number of thiophene rings is 1. The molecule has 0 amide bonds. The van der Waals surface area contributed by atoms with Crippen molar-refractivity contribution < 1.29 is 4.42 Å². The van der Waals surface area contributed by atoms with E-state index in [1.807, 2.05) is 66.7 Å². The summed E-state index contributed by atoms with van der Waals surface area (Å²) >= 11 is 1.77. The summed E-state index contributed by atoms with van der Waals surface area (Å²) in [6.45, 7) is 0. The van der Waals surface area contributed by atoms with Crippen molar-refractivity contribution in [2.24, 2.45) is 0 Å². The third-order valence-electron chi connectivity index (χ3n) is 10.8. The van der Waals surface area contributed by atoms with Crippen LogP contribution in [-0.4, -0.2) is 15.0 Å². The van der Waals surface area contributed by atoms with Gasteiger partial charge in [0.2, 0.25) is 0 Å². The lowest BCUT2D eigenvalue weighted by molar-refractivity contribution is 0.669. The lowest BCUT2D eigenvalue weighted by Gasteiger charge is -2.10. The van der Waals surface area contributed by atoms with Gasteiger partial charge in [-0.25, -0.2) is 15.0 Å². The monoisotopic (exact) mass is 758 g/mol. The highest BCUT2D eigenvalue weighted by Crippen LogP contribution is 2.40. The van der Waals surface area contributed by atoms with Crippen LogP contribution in [0.3, 0.4) is 0 Å². The Labute approximate surface area is 337 Å². The maximum Gasteiger partial charge on any atom is 0.164 e. The molecule has 0 radical (unpaired) electrons. The molecule has 0 unspecified atom stereocenters. The second kappa shape index (κ2) is 13.8. The highest BCUT2D eigenvalue weighted by molar-refractivity contribution is 7.25. The van der Waals surface area contributed by atoms with Gasteiger partial charge in [0, 0.05) is 47.6 Å². The second-order valence-corrected chi connectivity index (χ2v) is 15.4. The molecule has 3 heterocycles. The molecule has 0 atom stereocenters. The van der Waals surface area contributed by atoms with Crippen molar-refractivity contribution >= 4 is 53.4 Å². The Morgan fingerprint density at radius 2 is 0.966 bits per heavy atom. The fourth-order valence-electron chi connectivity index (χ4n) is 7.89. The Hall–Kier alpha value is -7.72. The van der Waals surface area contributed by atoms with Crippen LogP contribution in [0.4, 0.5) is 0 Å². The molecule has 0 bridgehead atoms. The summed E-state index contributed by atoms with van der Waals surface area (Å²) in [5.41, 5.74) is 11.4. The molecule has 0 fully saturated rings. The van der Waals surface area contributed by atoms with Gasteiger partial charge in [-0.2, -0.15) is 5.26 Å². The number of hydrogen-bond acceptors (Lipinski definition) is 6. The van der Waals surface area contributed by atoms with Crippen LogP contribution in [0.15, 0.2) is 186 Å². The quantitative estimate of drug-likeness (QED) is 0.169. The van der Waals surface area contributed by atoms with E-state index in [4.69, 9.17) is 19.4 Å². The molecule has 0 spiro atoms. The molecule has 0 N–H and O–H groups in total. The maximum absolute atomic E-state index is 9.46. The summed E-state index contributed by atoms with van der Waals surface area (Å²) in [6.07, 6.45) is 0. The van der Waals surface area contributed by atoms with Gasteiger partial charge in [0.1, 0.15) is 11.2 Å². The average molecular weight is 759 g/mol. The van der Waals surface area contributed by atoms with Crippen LogP contribution >= 0.6 is 11.3 Å². The Morgan fingerprint density at radius 3 is 1.74 bits per heavy atom. The fraction of sp³-hybridized carbons (Fsp3) is 0. The number of nitriles is 1. The molecule has 3 aromatic heterocycles. The summed E-state index contributed by atoms with van der Waals surface area (Å²) < 4.78 is 8.99. The topological polar surface area (TPSA) is 75.6 Å². The Kier molecular flexibility index (Phi) is 7.99. The average Bonchev–Trinajstić information content (AvgIpc) is 3.87. The Bertz CT molecular complexity index is 3400. The lowest BCUT2D eigenvalue weighted by Crippen LogP contribution is -2.00. The lowest BCUT2D eigenvalue weighted by atomic mass is 9.96. The van der Waals surface area contributed by atoms with E-state index in [1.165, 1.54) is 31.3 Å². The molecule has 8 aromatic carbocycles. The Balaban J connectivity index is 1.02. The van der Waals surface area contributed by atoms with Crippen molar-refractivity contribution in [2.75, 3.05) is 0 Å². The van der Waals surface area contributed by atoms with E-state index >= 15 is 0 Å². The van der Waals surface area contributed by atoms with Gasteiger partial charge in [-0.1, -0.05) is 140 Å². The number of rotatable bonds is 6. The first-order valence-corrected chi connectivity index (χ1v) is 19.9. The minimum atomic E-state index is 0.557. The minimum Gasteiger partial charge on any atom is -0.456 e. The van der Waals surface area contributed by atoms with Crippen LogP contribution in [0.25, 0.3) is 110 Å². The van der Waals surface area contributed by atoms with Crippen LogP contribution < -0.4 is 0 Å². The molecular weight excluding hydrogens is 729 g/mol. The predicted molar refractivity (Wildman–Crippen MR) is 237 cm³/mol. The first kappa shape index (κ1) is 33.6. The highest BCUT2D eigenvalue weighted by atomic mass is 32.1. The standard InChI is InChI=1S/C52H30N4OS/c53-31-32-8-6-11-38(28-32)35-18-22-37(23-19-35)50-54-51(56-52(55-50)40-24-26-43-42-12-4-5-15-47(42)58-48(43)30-40)39-25-27-44-46(29-39)57-45-14-7-13-41(49(44)45)36-20-16-34(17-21-36)33-9-2-1-3-10-33/h1-30H. The van der Waals surface area contributed by atoms with Crippen molar-refractivity contribution in [3.63, 3.8) is 0 Å². The van der Waals surface area contributed by atoms with Gasteiger partial charge in [-0.15, -0.1) is 11.3 Å². The van der Waals surface area contributed by atoms with Gasteiger partial charge < -0.3 is 4.42 Å². The number of aromatic nitrogens is 3. The third-order valence-corrected chi connectivity index (χ3v) is 11.9. The second-order valence-electron chi connectivity index (χ2n) is 14.3. The number of nitrogens with zero attached hydrogens (tertiary/aromatic N) is 4. The molecule has 11 rings (SSSR count). The summed E-state index contributed by atoms with van der Waals surface area (Å²) in [7, 11) is 0. The van der Waals surface area contributed by atoms with Crippen LogP contribution in [-0.2, 0) is 0 Å². The Morgan fingerprint density at radius 1 is 0.397 bits per heavy atom. The molecule has 0 aliphatic rings. The molecule has 0 aliphatic carbocycles. The SMILES string of the molecule is N#Cc1cccc(-c2ccc(-c3nc(-c4ccc5c(c4)oc4cccc(-c6ccc(-c7ccccc7)cc6)c45)nc(-c4ccc5c(c4)sc4ccccc45)n3)cc2)c1. The largest absolute Gasteiger partial charge is 0.456 e. The van der Waals surface area contributed by atoms with Crippen LogP contribution in [0.2, 0.25) is 0 Å². The summed E-state index contributed by atoms with van der Waals surface area (Å²) in [6, 6.07) is 64.6. The molecule has 0 saturated carbocycles. The molecule has 11 aromatic rings. The first-order chi connectivity index (χ1) is 28.6. The molecule has 0 aliphatic heterocycles. The van der Waals surface area contributed by atoms with Crippen LogP contribution in [0.5, 0.6) is 0 Å².